The molecule has 0 amide bonds. The second-order valence-corrected chi connectivity index (χ2v) is 6.03. The Morgan fingerprint density at radius 3 is 2.94 bits per heavy atom. The first-order valence-electron chi connectivity index (χ1n) is 6.53. The second-order valence-electron chi connectivity index (χ2n) is 5.12. The predicted molar refractivity (Wildman–Crippen MR) is 75.7 cm³/mol. The lowest BCUT2D eigenvalue weighted by atomic mass is 10.1. The molecule has 1 nitrogen and oxygen atoms in total. The average Bonchev–Trinajstić information content (AvgIpc) is 2.94. The molecule has 3 rings (SSSR count). The molecule has 1 aromatic carbocycles. The number of nitrogens with one attached hydrogen (secondary N) is 1. The van der Waals surface area contributed by atoms with Gasteiger partial charge in [-0.15, -0.1) is 11.3 Å². The number of benzene rings is 1. The first kappa shape index (κ1) is 11.2. The Bertz CT molecular complexity index is 509. The van der Waals surface area contributed by atoms with Gasteiger partial charge in [0, 0.05) is 17.3 Å². The smallest absolute Gasteiger partial charge is 0.0348 e. The Balaban J connectivity index is 1.76. The van der Waals surface area contributed by atoms with Gasteiger partial charge in [-0.05, 0) is 47.7 Å². The van der Waals surface area contributed by atoms with Gasteiger partial charge in [-0.25, -0.2) is 0 Å². The highest BCUT2D eigenvalue weighted by molar-refractivity contribution is 7.17. The zero-order chi connectivity index (χ0) is 11.7. The van der Waals surface area contributed by atoms with Crippen LogP contribution in [0.15, 0.2) is 23.6 Å². The molecule has 17 heavy (non-hydrogen) atoms. The zero-order valence-corrected chi connectivity index (χ0v) is 11.1. The van der Waals surface area contributed by atoms with Gasteiger partial charge in [0.1, 0.15) is 0 Å². The van der Waals surface area contributed by atoms with Crippen LogP contribution in [-0.2, 0) is 6.54 Å². The summed E-state index contributed by atoms with van der Waals surface area (Å²) in [5, 5.41) is 7.45. The van der Waals surface area contributed by atoms with Gasteiger partial charge in [-0.2, -0.15) is 0 Å². The largest absolute Gasteiger partial charge is 0.310 e. The van der Waals surface area contributed by atoms with Crippen molar-refractivity contribution in [3.8, 4) is 0 Å². The molecule has 0 bridgehead atoms. The summed E-state index contributed by atoms with van der Waals surface area (Å²) in [6, 6.07) is 7.54. The van der Waals surface area contributed by atoms with E-state index in [0.29, 0.717) is 0 Å². The van der Waals surface area contributed by atoms with Crippen molar-refractivity contribution < 1.29 is 0 Å². The monoisotopic (exact) mass is 245 g/mol. The van der Waals surface area contributed by atoms with Crippen LogP contribution in [0.3, 0.4) is 0 Å². The van der Waals surface area contributed by atoms with E-state index >= 15 is 0 Å². The van der Waals surface area contributed by atoms with Crippen molar-refractivity contribution >= 4 is 21.4 Å². The predicted octanol–water partition coefficient (Wildman–Crippen LogP) is 4.24. The van der Waals surface area contributed by atoms with E-state index in [1.165, 1.54) is 46.9 Å². The van der Waals surface area contributed by atoms with Crippen molar-refractivity contribution in [2.75, 3.05) is 0 Å². The molecular weight excluding hydrogens is 226 g/mol. The number of hydrogen-bond acceptors (Lipinski definition) is 2. The van der Waals surface area contributed by atoms with Crippen LogP contribution in [-0.4, -0.2) is 6.04 Å². The molecular formula is C15H19NS. The van der Waals surface area contributed by atoms with E-state index in [1.807, 2.05) is 11.3 Å². The van der Waals surface area contributed by atoms with E-state index in [0.717, 1.165) is 12.6 Å². The minimum Gasteiger partial charge on any atom is -0.310 e. The van der Waals surface area contributed by atoms with Crippen molar-refractivity contribution in [2.24, 2.45) is 0 Å². The minimum atomic E-state index is 0.760. The Hall–Kier alpha value is -0.860. The Morgan fingerprint density at radius 2 is 2.12 bits per heavy atom. The van der Waals surface area contributed by atoms with Crippen LogP contribution in [0.25, 0.3) is 10.1 Å². The van der Waals surface area contributed by atoms with Crippen LogP contribution in [0, 0.1) is 6.92 Å². The lowest BCUT2D eigenvalue weighted by Crippen LogP contribution is -2.25. The van der Waals surface area contributed by atoms with E-state index < -0.39 is 0 Å². The minimum absolute atomic E-state index is 0.760. The highest BCUT2D eigenvalue weighted by Crippen LogP contribution is 2.27. The molecule has 1 fully saturated rings. The van der Waals surface area contributed by atoms with Gasteiger partial charge in [0.25, 0.3) is 0 Å². The Morgan fingerprint density at radius 1 is 1.29 bits per heavy atom. The van der Waals surface area contributed by atoms with Crippen LogP contribution in [0.1, 0.15) is 36.8 Å². The average molecular weight is 245 g/mol. The summed E-state index contributed by atoms with van der Waals surface area (Å²) in [6.07, 6.45) is 5.53. The van der Waals surface area contributed by atoms with Crippen LogP contribution < -0.4 is 5.32 Å². The third kappa shape index (κ3) is 2.38. The van der Waals surface area contributed by atoms with E-state index in [-0.39, 0.29) is 0 Å². The molecule has 1 heterocycles. The SMILES string of the molecule is Cc1ccc2c(CNC3CCCC3)csc2c1. The molecule has 90 valence electrons. The maximum Gasteiger partial charge on any atom is 0.0348 e. The number of fused-ring (bicyclic) bond motifs is 1. The molecule has 1 aliphatic rings. The van der Waals surface area contributed by atoms with Gasteiger partial charge in [-0.1, -0.05) is 25.0 Å². The lowest BCUT2D eigenvalue weighted by molar-refractivity contribution is 0.526. The van der Waals surface area contributed by atoms with Gasteiger partial charge in [-0.3, -0.25) is 0 Å². The number of hydrogen-bond donors (Lipinski definition) is 1. The molecule has 0 unspecified atom stereocenters. The first-order chi connectivity index (χ1) is 8.33. The number of aryl methyl sites for hydroxylation is 1. The van der Waals surface area contributed by atoms with E-state index in [1.54, 1.807) is 0 Å². The summed E-state index contributed by atoms with van der Waals surface area (Å²) in [6.45, 7) is 3.20. The fraction of sp³-hybridized carbons (Fsp3) is 0.467. The fourth-order valence-corrected chi connectivity index (χ4v) is 3.77. The molecule has 2 aromatic rings. The van der Waals surface area contributed by atoms with Crippen LogP contribution in [0.2, 0.25) is 0 Å². The van der Waals surface area contributed by atoms with E-state index in [2.05, 4.69) is 35.8 Å². The van der Waals surface area contributed by atoms with Crippen molar-refractivity contribution in [3.05, 3.63) is 34.7 Å². The summed E-state index contributed by atoms with van der Waals surface area (Å²) in [5.41, 5.74) is 2.83. The molecule has 0 saturated heterocycles. The van der Waals surface area contributed by atoms with E-state index in [9.17, 15) is 0 Å². The number of thiophene rings is 1. The first-order valence-corrected chi connectivity index (χ1v) is 7.41. The maximum absolute atomic E-state index is 3.70. The van der Waals surface area contributed by atoms with Gasteiger partial charge in [0.2, 0.25) is 0 Å². The quantitative estimate of drug-likeness (QED) is 0.852. The molecule has 1 aromatic heterocycles. The third-order valence-corrected chi connectivity index (χ3v) is 4.74. The summed E-state index contributed by atoms with van der Waals surface area (Å²) >= 11 is 1.87. The van der Waals surface area contributed by atoms with Crippen molar-refractivity contribution in [3.63, 3.8) is 0 Å². The maximum atomic E-state index is 3.70. The Labute approximate surface area is 107 Å². The summed E-state index contributed by atoms with van der Waals surface area (Å²) in [5.74, 6) is 0. The topological polar surface area (TPSA) is 12.0 Å². The second kappa shape index (κ2) is 4.79. The van der Waals surface area contributed by atoms with Crippen LogP contribution in [0.4, 0.5) is 0 Å². The number of rotatable bonds is 3. The Kier molecular flexibility index (Phi) is 3.17. The van der Waals surface area contributed by atoms with Gasteiger partial charge < -0.3 is 5.32 Å². The summed E-state index contributed by atoms with van der Waals surface area (Å²) in [7, 11) is 0. The van der Waals surface area contributed by atoms with Crippen molar-refractivity contribution in [1.29, 1.82) is 0 Å². The summed E-state index contributed by atoms with van der Waals surface area (Å²) in [4.78, 5) is 0. The van der Waals surface area contributed by atoms with E-state index in [4.69, 9.17) is 0 Å². The van der Waals surface area contributed by atoms with Gasteiger partial charge in [0.15, 0.2) is 0 Å². The standard InChI is InChI=1S/C15H19NS/c1-11-6-7-14-12(10-17-15(14)8-11)9-16-13-4-2-3-5-13/h6-8,10,13,16H,2-5,9H2,1H3. The molecule has 2 heteroatoms. The fourth-order valence-electron chi connectivity index (χ4n) is 2.71. The van der Waals surface area contributed by atoms with Crippen molar-refractivity contribution in [1.82, 2.24) is 5.32 Å². The lowest BCUT2D eigenvalue weighted by Gasteiger charge is -2.10. The van der Waals surface area contributed by atoms with Crippen molar-refractivity contribution in [2.45, 2.75) is 45.2 Å². The molecule has 1 N–H and O–H groups in total. The molecule has 1 saturated carbocycles. The highest BCUT2D eigenvalue weighted by Gasteiger charge is 2.14. The molecule has 0 aliphatic heterocycles. The van der Waals surface area contributed by atoms with Gasteiger partial charge >= 0.3 is 0 Å². The zero-order valence-electron chi connectivity index (χ0n) is 10.3. The van der Waals surface area contributed by atoms with Gasteiger partial charge in [0.05, 0.1) is 0 Å². The van der Waals surface area contributed by atoms with Crippen LogP contribution in [0.5, 0.6) is 0 Å². The summed E-state index contributed by atoms with van der Waals surface area (Å²) < 4.78 is 1.42. The molecule has 0 radical (unpaired) electrons. The normalized spacial score (nSPS) is 17.0. The van der Waals surface area contributed by atoms with Crippen LogP contribution >= 0.6 is 11.3 Å². The molecule has 0 atom stereocenters. The highest BCUT2D eigenvalue weighted by atomic mass is 32.1. The third-order valence-electron chi connectivity index (χ3n) is 3.75. The molecule has 0 spiro atoms. The molecule has 1 aliphatic carbocycles.